The minimum absolute atomic E-state index is 0.715. The average molecular weight is 184 g/mol. The number of benzene rings is 1. The van der Waals surface area contributed by atoms with Crippen molar-refractivity contribution in [3.05, 3.63) is 35.9 Å². The molecule has 0 saturated heterocycles. The highest BCUT2D eigenvalue weighted by atomic mass is 35.5. The van der Waals surface area contributed by atoms with Gasteiger partial charge in [0.15, 0.2) is 0 Å². The van der Waals surface area contributed by atoms with Crippen LogP contribution in [0.1, 0.15) is 5.56 Å². The Kier molecular flexibility index (Phi) is 5.41. The largest absolute Gasteiger partial charge is 0.469 e. The molecule has 0 bridgehead atoms. The number of hydrogen-bond donors (Lipinski definition) is 1. The van der Waals surface area contributed by atoms with Gasteiger partial charge >= 0.3 is 5.43 Å². The van der Waals surface area contributed by atoms with E-state index in [1.54, 1.807) is 12.1 Å². The van der Waals surface area contributed by atoms with Crippen molar-refractivity contribution in [2.45, 2.75) is 0 Å². The summed E-state index contributed by atoms with van der Waals surface area (Å²) in [7, 11) is 0. The van der Waals surface area contributed by atoms with Gasteiger partial charge in [-0.1, -0.05) is 18.2 Å². The number of nitriles is 1. The number of halogens is 1. The number of carbonyl (C=O) groups is 1. The van der Waals surface area contributed by atoms with Gasteiger partial charge in [0.2, 0.25) is 0 Å². The molecule has 0 radical (unpaired) electrons. The molecule has 4 heteroatoms. The normalized spacial score (nSPS) is 7.33. The molecule has 12 heavy (non-hydrogen) atoms. The maximum atomic E-state index is 8.77. The number of nitrogens with zero attached hydrogens (tertiary/aromatic N) is 1. The minimum atomic E-state index is -1.36. The summed E-state index contributed by atoms with van der Waals surface area (Å²) >= 11 is 4.19. The number of hydrogen-bond acceptors (Lipinski definition) is 2. The molecule has 0 amide bonds. The monoisotopic (exact) mass is 183 g/mol. The molecule has 1 N–H and O–H groups in total. The standard InChI is InChI=1S/C7H5N.CHClO2/c8-6-7-4-2-1-3-5-7;2-1(3)4/h1-5H;(H,3,4). The second-order valence-corrected chi connectivity index (χ2v) is 2.05. The SMILES string of the molecule is N#Cc1ccccc1.O=C(O)Cl. The predicted octanol–water partition coefficient (Wildman–Crippen LogP) is 2.46. The first kappa shape index (κ1) is 10.5. The molecule has 0 aromatic heterocycles. The molecule has 0 aliphatic carbocycles. The molecular formula is C8H6ClNO2. The first-order valence-electron chi connectivity index (χ1n) is 3.00. The first-order chi connectivity index (χ1) is 5.66. The molecule has 1 aromatic rings. The van der Waals surface area contributed by atoms with Crippen molar-refractivity contribution in [2.75, 3.05) is 0 Å². The van der Waals surface area contributed by atoms with Gasteiger partial charge in [-0.05, 0) is 12.1 Å². The van der Waals surface area contributed by atoms with E-state index in [1.165, 1.54) is 0 Å². The highest BCUT2D eigenvalue weighted by Gasteiger charge is 1.79. The van der Waals surface area contributed by atoms with E-state index in [9.17, 15) is 0 Å². The maximum absolute atomic E-state index is 8.77. The Labute approximate surface area is 74.8 Å². The van der Waals surface area contributed by atoms with Crippen LogP contribution in [0.5, 0.6) is 0 Å². The molecule has 0 saturated carbocycles. The van der Waals surface area contributed by atoms with Crippen molar-refractivity contribution in [1.82, 2.24) is 0 Å². The summed E-state index contributed by atoms with van der Waals surface area (Å²) < 4.78 is 0. The van der Waals surface area contributed by atoms with Crippen molar-refractivity contribution >= 4 is 17.0 Å². The van der Waals surface area contributed by atoms with Gasteiger partial charge in [0.05, 0.1) is 11.6 Å². The number of rotatable bonds is 0. The van der Waals surface area contributed by atoms with Gasteiger partial charge in [0.25, 0.3) is 0 Å². The van der Waals surface area contributed by atoms with Gasteiger partial charge in [0, 0.05) is 11.6 Å². The molecule has 0 fully saturated rings. The van der Waals surface area contributed by atoms with Crippen LogP contribution in [0.4, 0.5) is 4.79 Å². The zero-order valence-corrected chi connectivity index (χ0v) is 6.82. The van der Waals surface area contributed by atoms with Crippen molar-refractivity contribution in [3.63, 3.8) is 0 Å². The Bertz CT molecular complexity index is 275. The van der Waals surface area contributed by atoms with Crippen LogP contribution >= 0.6 is 11.6 Å². The second-order valence-electron chi connectivity index (χ2n) is 1.73. The van der Waals surface area contributed by atoms with Gasteiger partial charge in [-0.25, -0.2) is 4.79 Å². The summed E-state index contributed by atoms with van der Waals surface area (Å²) in [4.78, 5) is 8.77. The average Bonchev–Trinajstić information content (AvgIpc) is 2.05. The summed E-state index contributed by atoms with van der Waals surface area (Å²) in [6.07, 6.45) is 0. The van der Waals surface area contributed by atoms with Crippen molar-refractivity contribution < 1.29 is 9.90 Å². The lowest BCUT2D eigenvalue weighted by molar-refractivity contribution is 0.220. The highest BCUT2D eigenvalue weighted by molar-refractivity contribution is 6.60. The molecule has 1 rings (SSSR count). The molecule has 0 atom stereocenters. The van der Waals surface area contributed by atoms with E-state index in [2.05, 4.69) is 11.6 Å². The smallest absolute Gasteiger partial charge is 0.401 e. The van der Waals surface area contributed by atoms with Crippen LogP contribution in [0.15, 0.2) is 30.3 Å². The first-order valence-corrected chi connectivity index (χ1v) is 3.38. The van der Waals surface area contributed by atoms with Crippen molar-refractivity contribution in [3.8, 4) is 6.07 Å². The zero-order valence-electron chi connectivity index (χ0n) is 6.07. The molecule has 0 aliphatic heterocycles. The maximum Gasteiger partial charge on any atom is 0.401 e. The molecular weight excluding hydrogens is 178 g/mol. The van der Waals surface area contributed by atoms with Crippen LogP contribution in [0.25, 0.3) is 0 Å². The lowest BCUT2D eigenvalue weighted by Gasteiger charge is -1.80. The fraction of sp³-hybridized carbons (Fsp3) is 0. The van der Waals surface area contributed by atoms with Gasteiger partial charge in [0.1, 0.15) is 0 Å². The Morgan fingerprint density at radius 2 is 1.83 bits per heavy atom. The molecule has 0 heterocycles. The molecule has 1 aromatic carbocycles. The molecule has 0 spiro atoms. The summed E-state index contributed by atoms with van der Waals surface area (Å²) in [5.74, 6) is 0. The molecule has 0 unspecified atom stereocenters. The van der Waals surface area contributed by atoms with Gasteiger partial charge in [-0.3, -0.25) is 0 Å². The Morgan fingerprint density at radius 3 is 2.08 bits per heavy atom. The molecule has 62 valence electrons. The van der Waals surface area contributed by atoms with E-state index in [0.29, 0.717) is 5.56 Å². The Hall–Kier alpha value is -1.53. The van der Waals surface area contributed by atoms with Crippen LogP contribution in [0.2, 0.25) is 0 Å². The fourth-order valence-corrected chi connectivity index (χ4v) is 0.513. The third-order valence-corrected chi connectivity index (χ3v) is 0.903. The minimum Gasteiger partial charge on any atom is -0.469 e. The summed E-state index contributed by atoms with van der Waals surface area (Å²) in [5.41, 5.74) is -0.646. The Balaban J connectivity index is 0.000000261. The fourth-order valence-electron chi connectivity index (χ4n) is 0.513. The van der Waals surface area contributed by atoms with Crippen LogP contribution in [0, 0.1) is 11.3 Å². The third-order valence-electron chi connectivity index (χ3n) is 0.903. The highest BCUT2D eigenvalue weighted by Crippen LogP contribution is 1.93. The summed E-state index contributed by atoms with van der Waals surface area (Å²) in [6, 6.07) is 11.2. The van der Waals surface area contributed by atoms with Gasteiger partial charge in [-0.2, -0.15) is 5.26 Å². The topological polar surface area (TPSA) is 61.1 Å². The van der Waals surface area contributed by atoms with Crippen molar-refractivity contribution in [1.29, 1.82) is 5.26 Å². The van der Waals surface area contributed by atoms with Crippen molar-refractivity contribution in [2.24, 2.45) is 0 Å². The number of carboxylic acid groups (broad SMARTS) is 1. The third kappa shape index (κ3) is 6.59. The van der Waals surface area contributed by atoms with E-state index in [0.717, 1.165) is 0 Å². The Morgan fingerprint density at radius 1 is 1.42 bits per heavy atom. The lowest BCUT2D eigenvalue weighted by Crippen LogP contribution is -1.66. The second kappa shape index (κ2) is 6.20. The van der Waals surface area contributed by atoms with E-state index in [-0.39, 0.29) is 0 Å². The summed E-state index contributed by atoms with van der Waals surface area (Å²) in [5, 5.41) is 15.5. The van der Waals surface area contributed by atoms with Crippen LogP contribution < -0.4 is 0 Å². The molecule has 3 nitrogen and oxygen atoms in total. The van der Waals surface area contributed by atoms with E-state index in [4.69, 9.17) is 15.2 Å². The summed E-state index contributed by atoms with van der Waals surface area (Å²) in [6.45, 7) is 0. The predicted molar refractivity (Wildman–Crippen MR) is 45.0 cm³/mol. The van der Waals surface area contributed by atoms with Gasteiger partial charge < -0.3 is 5.11 Å². The van der Waals surface area contributed by atoms with E-state index >= 15 is 0 Å². The lowest BCUT2D eigenvalue weighted by atomic mass is 10.2. The quantitative estimate of drug-likeness (QED) is 0.629. The van der Waals surface area contributed by atoms with Gasteiger partial charge in [-0.15, -0.1) is 0 Å². The molecule has 0 aliphatic rings. The van der Waals surface area contributed by atoms with E-state index in [1.807, 2.05) is 24.3 Å². The van der Waals surface area contributed by atoms with Crippen LogP contribution in [0.3, 0.4) is 0 Å². The van der Waals surface area contributed by atoms with Crippen LogP contribution in [-0.4, -0.2) is 10.5 Å². The van der Waals surface area contributed by atoms with E-state index < -0.39 is 5.43 Å². The zero-order chi connectivity index (χ0) is 9.40. The van der Waals surface area contributed by atoms with Crippen LogP contribution in [-0.2, 0) is 0 Å².